The highest BCUT2D eigenvalue weighted by molar-refractivity contribution is 7.98. The highest BCUT2D eigenvalue weighted by Gasteiger charge is 2.11. The van der Waals surface area contributed by atoms with Crippen LogP contribution in [0.2, 0.25) is 0 Å². The number of aromatic nitrogens is 2. The van der Waals surface area contributed by atoms with Crippen molar-refractivity contribution in [2.45, 2.75) is 63.8 Å². The summed E-state index contributed by atoms with van der Waals surface area (Å²) in [5, 5.41) is 26.0. The molecule has 25 heavy (non-hydrogen) atoms. The maximum atomic E-state index is 10.2. The Labute approximate surface area is 153 Å². The second kappa shape index (κ2) is 9.11. The van der Waals surface area contributed by atoms with E-state index in [2.05, 4.69) is 37.2 Å². The average Bonchev–Trinajstić information content (AvgIpc) is 3.05. The predicted molar refractivity (Wildman–Crippen MR) is 105 cm³/mol. The molecule has 0 radical (unpaired) electrons. The Morgan fingerprint density at radius 3 is 2.56 bits per heavy atom. The largest absolute Gasteiger partial charge is 0.507 e. The van der Waals surface area contributed by atoms with Crippen LogP contribution in [0, 0.1) is 0 Å². The Balaban J connectivity index is 0.00000109. The number of fused-ring (bicyclic) bond motifs is 1. The molecule has 4 nitrogen and oxygen atoms in total. The Morgan fingerprint density at radius 2 is 1.88 bits per heavy atom. The van der Waals surface area contributed by atoms with Gasteiger partial charge in [-0.15, -0.1) is 11.8 Å². The quantitative estimate of drug-likeness (QED) is 0.803. The summed E-state index contributed by atoms with van der Waals surface area (Å²) < 4.78 is 1.96. The molecule has 0 unspecified atom stereocenters. The number of thioether (sulfide) groups is 1. The van der Waals surface area contributed by atoms with Crippen molar-refractivity contribution in [2.75, 3.05) is 0 Å². The zero-order valence-electron chi connectivity index (χ0n) is 15.5. The van der Waals surface area contributed by atoms with Gasteiger partial charge in [-0.3, -0.25) is 4.68 Å². The lowest BCUT2D eigenvalue weighted by Gasteiger charge is -2.11. The van der Waals surface area contributed by atoms with E-state index in [-0.39, 0.29) is 12.6 Å². The molecular weight excluding hydrogens is 332 g/mol. The second-order valence-electron chi connectivity index (χ2n) is 6.04. The van der Waals surface area contributed by atoms with Crippen LogP contribution in [-0.4, -0.2) is 20.0 Å². The third kappa shape index (κ3) is 4.67. The molecule has 0 atom stereocenters. The molecule has 0 fully saturated rings. The van der Waals surface area contributed by atoms with Gasteiger partial charge in [0.1, 0.15) is 5.75 Å². The number of aromatic hydroxyl groups is 1. The molecule has 0 bridgehead atoms. The molecule has 2 aromatic rings. The zero-order chi connectivity index (χ0) is 18.4. The average molecular weight is 361 g/mol. The van der Waals surface area contributed by atoms with E-state index in [0.29, 0.717) is 11.4 Å². The van der Waals surface area contributed by atoms with Crippen LogP contribution >= 0.6 is 11.8 Å². The SMILES string of the molecule is CC.CC(C)n1nc(CO)cc1CSc1cc(O)c2c(c1)=CCCC=2. The maximum absolute atomic E-state index is 10.2. The number of aliphatic hydroxyl groups is 1. The van der Waals surface area contributed by atoms with Gasteiger partial charge in [0.25, 0.3) is 0 Å². The van der Waals surface area contributed by atoms with Crippen LogP contribution in [-0.2, 0) is 12.4 Å². The molecule has 1 aromatic carbocycles. The van der Waals surface area contributed by atoms with Crippen molar-refractivity contribution in [2.24, 2.45) is 0 Å². The van der Waals surface area contributed by atoms with Crippen molar-refractivity contribution in [1.82, 2.24) is 9.78 Å². The highest BCUT2D eigenvalue weighted by atomic mass is 32.2. The van der Waals surface area contributed by atoms with Gasteiger partial charge in [-0.25, -0.2) is 0 Å². The summed E-state index contributed by atoms with van der Waals surface area (Å²) >= 11 is 1.68. The minimum absolute atomic E-state index is 0.0399. The molecule has 136 valence electrons. The van der Waals surface area contributed by atoms with E-state index in [1.807, 2.05) is 30.7 Å². The maximum Gasteiger partial charge on any atom is 0.124 e. The van der Waals surface area contributed by atoms with Crippen molar-refractivity contribution in [3.05, 3.63) is 40.0 Å². The van der Waals surface area contributed by atoms with E-state index in [0.717, 1.165) is 39.6 Å². The van der Waals surface area contributed by atoms with Gasteiger partial charge in [-0.2, -0.15) is 5.10 Å². The smallest absolute Gasteiger partial charge is 0.124 e. The molecule has 1 aliphatic rings. The third-order valence-electron chi connectivity index (χ3n) is 3.94. The molecular formula is C20H28N2O2S. The van der Waals surface area contributed by atoms with Gasteiger partial charge in [-0.1, -0.05) is 26.0 Å². The van der Waals surface area contributed by atoms with Gasteiger partial charge in [0, 0.05) is 27.6 Å². The van der Waals surface area contributed by atoms with E-state index < -0.39 is 0 Å². The van der Waals surface area contributed by atoms with Gasteiger partial charge >= 0.3 is 0 Å². The summed E-state index contributed by atoms with van der Waals surface area (Å²) in [5.74, 6) is 1.11. The van der Waals surface area contributed by atoms with Crippen LogP contribution in [0.5, 0.6) is 5.75 Å². The van der Waals surface area contributed by atoms with Crippen LogP contribution in [0.3, 0.4) is 0 Å². The fourth-order valence-corrected chi connectivity index (χ4v) is 3.79. The molecule has 1 aliphatic carbocycles. The standard InChI is InChI=1S/C18H22N2O2S.C2H6/c1-12(2)20-15(8-14(10-21)19-20)11-23-16-7-13-5-3-4-6-17(13)18(22)9-16;1-2/h5-9,12,21-22H,3-4,10-11H2,1-2H3;1-2H3. The first-order valence-corrected chi connectivity index (χ1v) is 9.91. The van der Waals surface area contributed by atoms with E-state index in [1.54, 1.807) is 11.8 Å². The molecule has 1 heterocycles. The monoisotopic (exact) mass is 360 g/mol. The van der Waals surface area contributed by atoms with Crippen molar-refractivity contribution < 1.29 is 10.2 Å². The predicted octanol–water partition coefficient (Wildman–Crippen LogP) is 3.34. The summed E-state index contributed by atoms with van der Waals surface area (Å²) in [4.78, 5) is 1.05. The van der Waals surface area contributed by atoms with Crippen molar-refractivity contribution in [1.29, 1.82) is 0 Å². The van der Waals surface area contributed by atoms with Crippen molar-refractivity contribution >= 4 is 23.9 Å². The summed E-state index contributed by atoms with van der Waals surface area (Å²) in [7, 11) is 0. The van der Waals surface area contributed by atoms with E-state index >= 15 is 0 Å². The number of phenolic OH excluding ortho intramolecular Hbond substituents is 1. The van der Waals surface area contributed by atoms with Crippen molar-refractivity contribution in [3.63, 3.8) is 0 Å². The van der Waals surface area contributed by atoms with Crippen LogP contribution in [0.15, 0.2) is 23.1 Å². The highest BCUT2D eigenvalue weighted by Crippen LogP contribution is 2.25. The van der Waals surface area contributed by atoms with Gasteiger partial charge in [0.05, 0.1) is 12.3 Å². The summed E-state index contributed by atoms with van der Waals surface area (Å²) in [6.45, 7) is 8.12. The number of hydrogen-bond donors (Lipinski definition) is 2. The number of benzene rings is 1. The summed E-state index contributed by atoms with van der Waals surface area (Å²) in [6.07, 6.45) is 6.30. The molecule has 5 heteroatoms. The lowest BCUT2D eigenvalue weighted by Crippen LogP contribution is -2.26. The zero-order valence-corrected chi connectivity index (χ0v) is 16.3. The fraction of sp³-hybridized carbons (Fsp3) is 0.450. The Bertz CT molecular complexity index is 825. The molecule has 0 saturated carbocycles. The van der Waals surface area contributed by atoms with E-state index in [1.165, 1.54) is 0 Å². The molecule has 3 rings (SSSR count). The van der Waals surface area contributed by atoms with Crippen LogP contribution < -0.4 is 10.4 Å². The minimum Gasteiger partial charge on any atom is -0.507 e. The first-order valence-electron chi connectivity index (χ1n) is 8.93. The summed E-state index contributed by atoms with van der Waals surface area (Å²) in [5.41, 5.74) is 1.78. The lowest BCUT2D eigenvalue weighted by molar-refractivity contribution is 0.274. The molecule has 0 aliphatic heterocycles. The van der Waals surface area contributed by atoms with E-state index in [4.69, 9.17) is 0 Å². The Morgan fingerprint density at radius 1 is 1.16 bits per heavy atom. The lowest BCUT2D eigenvalue weighted by atomic mass is 10.1. The normalized spacial score (nSPS) is 12.7. The topological polar surface area (TPSA) is 58.3 Å². The first kappa shape index (κ1) is 19.6. The minimum atomic E-state index is -0.0399. The van der Waals surface area contributed by atoms with Crippen LogP contribution in [0.25, 0.3) is 12.2 Å². The van der Waals surface area contributed by atoms with Gasteiger partial charge in [0.2, 0.25) is 0 Å². The number of aliphatic hydroxyl groups excluding tert-OH is 1. The Hall–Kier alpha value is -1.72. The third-order valence-corrected chi connectivity index (χ3v) is 4.95. The molecule has 0 saturated heterocycles. The van der Waals surface area contributed by atoms with Crippen molar-refractivity contribution in [3.8, 4) is 5.75 Å². The molecule has 2 N–H and O–H groups in total. The van der Waals surface area contributed by atoms with E-state index in [9.17, 15) is 10.2 Å². The summed E-state index contributed by atoms with van der Waals surface area (Å²) in [6, 6.07) is 6.18. The van der Waals surface area contributed by atoms with Crippen LogP contribution in [0.1, 0.15) is 58.0 Å². The van der Waals surface area contributed by atoms with Gasteiger partial charge in [-0.05, 0) is 50.1 Å². The second-order valence-corrected chi connectivity index (χ2v) is 7.09. The Kier molecular flexibility index (Phi) is 7.14. The first-order chi connectivity index (χ1) is 12.1. The van der Waals surface area contributed by atoms with Crippen LogP contribution in [0.4, 0.5) is 0 Å². The fourth-order valence-electron chi connectivity index (χ4n) is 2.85. The number of phenols is 1. The molecule has 0 amide bonds. The number of hydrogen-bond acceptors (Lipinski definition) is 4. The van der Waals surface area contributed by atoms with Gasteiger partial charge in [0.15, 0.2) is 0 Å². The molecule has 1 aromatic heterocycles. The number of rotatable bonds is 5. The number of nitrogens with zero attached hydrogens (tertiary/aromatic N) is 2. The van der Waals surface area contributed by atoms with Gasteiger partial charge < -0.3 is 10.2 Å². The molecule has 0 spiro atoms.